The van der Waals surface area contributed by atoms with Gasteiger partial charge in [-0.15, -0.1) is 0 Å². The van der Waals surface area contributed by atoms with E-state index in [4.69, 9.17) is 10.5 Å². The van der Waals surface area contributed by atoms with Crippen LogP contribution in [0.2, 0.25) is 0 Å². The first-order chi connectivity index (χ1) is 9.68. The molecule has 2 rings (SSSR count). The molecule has 0 atom stereocenters. The van der Waals surface area contributed by atoms with Crippen LogP contribution in [-0.4, -0.2) is 11.9 Å². The lowest BCUT2D eigenvalue weighted by Gasteiger charge is -2.08. The summed E-state index contributed by atoms with van der Waals surface area (Å²) >= 11 is 0. The lowest BCUT2D eigenvalue weighted by Crippen LogP contribution is -2.15. The maximum atomic E-state index is 11.9. The van der Waals surface area contributed by atoms with Crippen molar-refractivity contribution in [2.24, 2.45) is 5.73 Å². The SMILES string of the molecule is NC(=O)c1ccccc1COC(=O)C1=CCC=CC=C1. The largest absolute Gasteiger partial charge is 0.457 e. The van der Waals surface area contributed by atoms with Crippen LogP contribution in [0.5, 0.6) is 0 Å². The molecular weight excluding hydrogens is 254 g/mol. The van der Waals surface area contributed by atoms with Gasteiger partial charge in [0.15, 0.2) is 0 Å². The van der Waals surface area contributed by atoms with Crippen molar-refractivity contribution < 1.29 is 14.3 Å². The van der Waals surface area contributed by atoms with E-state index in [1.54, 1.807) is 42.5 Å². The molecule has 0 unspecified atom stereocenters. The molecule has 1 aromatic carbocycles. The first kappa shape index (κ1) is 13.8. The van der Waals surface area contributed by atoms with Crippen LogP contribution in [0, 0.1) is 0 Å². The van der Waals surface area contributed by atoms with Gasteiger partial charge in [0, 0.05) is 11.1 Å². The number of hydrogen-bond acceptors (Lipinski definition) is 3. The van der Waals surface area contributed by atoms with Crippen molar-refractivity contribution in [3.8, 4) is 0 Å². The highest BCUT2D eigenvalue weighted by Gasteiger charge is 2.12. The summed E-state index contributed by atoms with van der Waals surface area (Å²) < 4.78 is 5.22. The molecule has 1 aliphatic rings. The fraction of sp³-hybridized carbons (Fsp3) is 0.125. The molecule has 0 heterocycles. The van der Waals surface area contributed by atoms with E-state index in [0.29, 0.717) is 23.1 Å². The van der Waals surface area contributed by atoms with Crippen molar-refractivity contribution >= 4 is 11.9 Å². The number of esters is 1. The van der Waals surface area contributed by atoms with Gasteiger partial charge in [-0.1, -0.05) is 42.5 Å². The summed E-state index contributed by atoms with van der Waals surface area (Å²) in [6.07, 6.45) is 9.79. The normalized spacial score (nSPS) is 13.5. The third-order valence-electron chi connectivity index (χ3n) is 2.87. The van der Waals surface area contributed by atoms with Crippen molar-refractivity contribution in [2.75, 3.05) is 0 Å². The molecular formula is C16H15NO3. The fourth-order valence-electron chi connectivity index (χ4n) is 1.84. The molecule has 0 bridgehead atoms. The predicted octanol–water partition coefficient (Wildman–Crippen LogP) is 2.27. The standard InChI is InChI=1S/C16H15NO3/c17-15(18)14-10-6-5-9-13(14)11-20-16(19)12-7-3-1-2-4-8-12/h1-3,5-10H,4,11H2,(H2,17,18). The van der Waals surface area contributed by atoms with E-state index in [-0.39, 0.29) is 6.61 Å². The summed E-state index contributed by atoms with van der Waals surface area (Å²) in [5.74, 6) is -0.946. The molecule has 4 nitrogen and oxygen atoms in total. The van der Waals surface area contributed by atoms with Crippen molar-refractivity contribution in [2.45, 2.75) is 13.0 Å². The molecule has 0 aromatic heterocycles. The first-order valence-electron chi connectivity index (χ1n) is 6.26. The highest BCUT2D eigenvalue weighted by atomic mass is 16.5. The van der Waals surface area contributed by atoms with Crippen LogP contribution in [0.25, 0.3) is 0 Å². The second-order valence-corrected chi connectivity index (χ2v) is 4.28. The van der Waals surface area contributed by atoms with Crippen molar-refractivity contribution in [1.29, 1.82) is 0 Å². The van der Waals surface area contributed by atoms with Gasteiger partial charge in [-0.3, -0.25) is 4.79 Å². The van der Waals surface area contributed by atoms with Crippen LogP contribution in [0.1, 0.15) is 22.3 Å². The van der Waals surface area contributed by atoms with E-state index in [2.05, 4.69) is 0 Å². The zero-order chi connectivity index (χ0) is 14.4. The monoisotopic (exact) mass is 269 g/mol. The van der Waals surface area contributed by atoms with Gasteiger partial charge < -0.3 is 10.5 Å². The minimum absolute atomic E-state index is 0.0244. The average molecular weight is 269 g/mol. The van der Waals surface area contributed by atoms with Crippen LogP contribution in [0.4, 0.5) is 0 Å². The highest BCUT2D eigenvalue weighted by molar-refractivity contribution is 5.94. The Morgan fingerprint density at radius 1 is 1.20 bits per heavy atom. The summed E-state index contributed by atoms with van der Waals surface area (Å²) in [6, 6.07) is 6.81. The van der Waals surface area contributed by atoms with Gasteiger partial charge in [0.25, 0.3) is 0 Å². The van der Waals surface area contributed by atoms with Crippen LogP contribution >= 0.6 is 0 Å². The quantitative estimate of drug-likeness (QED) is 0.852. The zero-order valence-corrected chi connectivity index (χ0v) is 10.9. The smallest absolute Gasteiger partial charge is 0.338 e. The molecule has 20 heavy (non-hydrogen) atoms. The first-order valence-corrected chi connectivity index (χ1v) is 6.26. The Bertz CT molecular complexity index is 612. The number of benzene rings is 1. The summed E-state index contributed by atoms with van der Waals surface area (Å²) in [5.41, 5.74) is 6.75. The number of primary amides is 1. The summed E-state index contributed by atoms with van der Waals surface area (Å²) in [5, 5.41) is 0. The number of ether oxygens (including phenoxy) is 1. The molecule has 4 heteroatoms. The van der Waals surface area contributed by atoms with Crippen molar-refractivity contribution in [3.05, 3.63) is 71.3 Å². The lowest BCUT2D eigenvalue weighted by atomic mass is 10.1. The molecule has 0 fully saturated rings. The number of nitrogens with two attached hydrogens (primary N) is 1. The van der Waals surface area contributed by atoms with E-state index in [9.17, 15) is 9.59 Å². The van der Waals surface area contributed by atoms with Gasteiger partial charge in [-0.25, -0.2) is 4.79 Å². The third kappa shape index (κ3) is 3.45. The van der Waals surface area contributed by atoms with Crippen molar-refractivity contribution in [1.82, 2.24) is 0 Å². The Morgan fingerprint density at radius 2 is 2.00 bits per heavy atom. The van der Waals surface area contributed by atoms with E-state index < -0.39 is 11.9 Å². The fourth-order valence-corrected chi connectivity index (χ4v) is 1.84. The van der Waals surface area contributed by atoms with Crippen LogP contribution in [-0.2, 0) is 16.1 Å². The molecule has 0 saturated carbocycles. The van der Waals surface area contributed by atoms with Gasteiger partial charge in [0.05, 0.1) is 5.57 Å². The van der Waals surface area contributed by atoms with E-state index in [0.717, 1.165) is 0 Å². The molecule has 1 aliphatic carbocycles. The molecule has 102 valence electrons. The van der Waals surface area contributed by atoms with E-state index in [1.165, 1.54) is 0 Å². The third-order valence-corrected chi connectivity index (χ3v) is 2.87. The Balaban J connectivity index is 2.04. The predicted molar refractivity (Wildman–Crippen MR) is 75.7 cm³/mol. The van der Waals surface area contributed by atoms with Gasteiger partial charge in [-0.2, -0.15) is 0 Å². The molecule has 0 aliphatic heterocycles. The second kappa shape index (κ2) is 6.52. The number of carbonyl (C=O) groups excluding carboxylic acids is 2. The molecule has 1 aromatic rings. The van der Waals surface area contributed by atoms with Gasteiger partial charge in [0.2, 0.25) is 5.91 Å². The van der Waals surface area contributed by atoms with Crippen LogP contribution in [0.15, 0.2) is 60.2 Å². The number of hydrogen-bond donors (Lipinski definition) is 1. The topological polar surface area (TPSA) is 69.4 Å². The Morgan fingerprint density at radius 3 is 2.80 bits per heavy atom. The average Bonchev–Trinajstić information content (AvgIpc) is 2.74. The summed E-state index contributed by atoms with van der Waals surface area (Å²) in [7, 11) is 0. The second-order valence-electron chi connectivity index (χ2n) is 4.28. The van der Waals surface area contributed by atoms with E-state index >= 15 is 0 Å². The number of rotatable bonds is 4. The van der Waals surface area contributed by atoms with Crippen LogP contribution < -0.4 is 5.73 Å². The maximum absolute atomic E-state index is 11.9. The maximum Gasteiger partial charge on any atom is 0.338 e. The van der Waals surface area contributed by atoms with E-state index in [1.807, 2.05) is 12.2 Å². The number of allylic oxidation sites excluding steroid dienone is 4. The molecule has 0 saturated heterocycles. The van der Waals surface area contributed by atoms with Crippen molar-refractivity contribution in [3.63, 3.8) is 0 Å². The number of carbonyl (C=O) groups is 2. The minimum Gasteiger partial charge on any atom is -0.457 e. The highest BCUT2D eigenvalue weighted by Crippen LogP contribution is 2.12. The summed E-state index contributed by atoms with van der Waals surface area (Å²) in [4.78, 5) is 23.2. The Kier molecular flexibility index (Phi) is 4.50. The van der Waals surface area contributed by atoms with Gasteiger partial charge in [-0.05, 0) is 18.6 Å². The van der Waals surface area contributed by atoms with Gasteiger partial charge in [0.1, 0.15) is 6.61 Å². The van der Waals surface area contributed by atoms with Crippen LogP contribution in [0.3, 0.4) is 0 Å². The number of amides is 1. The molecule has 0 spiro atoms. The Labute approximate surface area is 117 Å². The van der Waals surface area contributed by atoms with Gasteiger partial charge >= 0.3 is 5.97 Å². The molecule has 0 radical (unpaired) electrons. The summed E-state index contributed by atoms with van der Waals surface area (Å²) in [6.45, 7) is 0.0244. The molecule has 2 N–H and O–H groups in total. The lowest BCUT2D eigenvalue weighted by molar-refractivity contribution is -0.139. The zero-order valence-electron chi connectivity index (χ0n) is 10.9. The molecule has 1 amide bonds. The Hall–Kier alpha value is -2.62. The minimum atomic E-state index is -0.533.